The predicted molar refractivity (Wildman–Crippen MR) is 114 cm³/mol. The molecule has 2 N–H and O–H groups in total. The van der Waals surface area contributed by atoms with Crippen LogP contribution in [0.3, 0.4) is 0 Å². The number of hydrogen-bond acceptors (Lipinski definition) is 4. The third kappa shape index (κ3) is 4.70. The first-order valence-corrected chi connectivity index (χ1v) is 9.99. The van der Waals surface area contributed by atoms with Gasteiger partial charge in [0.15, 0.2) is 0 Å². The molecule has 2 heterocycles. The fraction of sp³-hybridized carbons (Fsp3) is 0.250. The molecule has 2 unspecified atom stereocenters. The lowest BCUT2D eigenvalue weighted by atomic mass is 10.0. The molecule has 29 heavy (non-hydrogen) atoms. The van der Waals surface area contributed by atoms with Crippen LogP contribution >= 0.6 is 0 Å². The van der Waals surface area contributed by atoms with Crippen LogP contribution in [0, 0.1) is 6.92 Å². The second kappa shape index (κ2) is 8.99. The summed E-state index contributed by atoms with van der Waals surface area (Å²) in [4.78, 5) is 19.6. The van der Waals surface area contributed by atoms with E-state index in [1.54, 1.807) is 6.20 Å². The van der Waals surface area contributed by atoms with Crippen molar-refractivity contribution in [3.63, 3.8) is 0 Å². The van der Waals surface area contributed by atoms with E-state index < -0.39 is 0 Å². The van der Waals surface area contributed by atoms with E-state index in [9.17, 15) is 4.79 Å². The number of carbonyl (C=O) groups excluding carboxylic acids is 1. The van der Waals surface area contributed by atoms with Crippen LogP contribution in [-0.4, -0.2) is 21.8 Å². The predicted octanol–water partition coefficient (Wildman–Crippen LogP) is 3.53. The largest absolute Gasteiger partial charge is 0.333 e. The number of nitrogens with zero attached hydrogens (tertiary/aromatic N) is 2. The van der Waals surface area contributed by atoms with Gasteiger partial charge in [0, 0.05) is 31.5 Å². The minimum Gasteiger partial charge on any atom is -0.333 e. The molecule has 1 aliphatic rings. The Hall–Kier alpha value is -3.02. The fourth-order valence-electron chi connectivity index (χ4n) is 3.76. The maximum absolute atomic E-state index is 13.4. The van der Waals surface area contributed by atoms with E-state index in [1.165, 1.54) is 11.1 Å². The maximum Gasteiger partial charge on any atom is 0.241 e. The number of aromatic nitrogens is 1. The lowest BCUT2D eigenvalue weighted by Crippen LogP contribution is -2.45. The molecule has 148 valence electrons. The van der Waals surface area contributed by atoms with Gasteiger partial charge in [-0.2, -0.15) is 0 Å². The second-order valence-electron chi connectivity index (χ2n) is 7.52. The quantitative estimate of drug-likeness (QED) is 0.681. The molecule has 5 heteroatoms. The highest BCUT2D eigenvalue weighted by molar-refractivity contribution is 5.82. The average Bonchev–Trinajstić information content (AvgIpc) is 3.26. The molecule has 0 radical (unpaired) electrons. The van der Waals surface area contributed by atoms with Gasteiger partial charge >= 0.3 is 0 Å². The van der Waals surface area contributed by atoms with Crippen molar-refractivity contribution >= 4 is 5.91 Å². The minimum absolute atomic E-state index is 0.100. The van der Waals surface area contributed by atoms with E-state index in [0.29, 0.717) is 13.1 Å². The van der Waals surface area contributed by atoms with Gasteiger partial charge in [-0.1, -0.05) is 60.7 Å². The van der Waals surface area contributed by atoms with Crippen LogP contribution in [0.2, 0.25) is 0 Å². The van der Waals surface area contributed by atoms with Gasteiger partial charge in [-0.15, -0.1) is 0 Å². The molecule has 1 aliphatic heterocycles. The molecule has 0 saturated carbocycles. The van der Waals surface area contributed by atoms with Gasteiger partial charge in [0.05, 0.1) is 0 Å². The van der Waals surface area contributed by atoms with E-state index >= 15 is 0 Å². The maximum atomic E-state index is 13.4. The zero-order valence-electron chi connectivity index (χ0n) is 16.6. The molecule has 1 amide bonds. The number of pyridine rings is 1. The summed E-state index contributed by atoms with van der Waals surface area (Å²) in [5.74, 6) is 0.100. The Morgan fingerprint density at radius 2 is 1.79 bits per heavy atom. The van der Waals surface area contributed by atoms with Crippen molar-refractivity contribution in [2.45, 2.75) is 38.5 Å². The third-order valence-electron chi connectivity index (χ3n) is 5.43. The molecule has 1 fully saturated rings. The first kappa shape index (κ1) is 19.3. The van der Waals surface area contributed by atoms with Gasteiger partial charge in [-0.3, -0.25) is 9.78 Å². The van der Waals surface area contributed by atoms with Crippen LogP contribution in [0.15, 0.2) is 79.1 Å². The minimum atomic E-state index is -0.263. The molecule has 3 aromatic rings. The molecule has 1 saturated heterocycles. The smallest absolute Gasteiger partial charge is 0.241 e. The van der Waals surface area contributed by atoms with Crippen LogP contribution < -0.4 is 10.9 Å². The van der Waals surface area contributed by atoms with Crippen LogP contribution in [0.25, 0.3) is 0 Å². The van der Waals surface area contributed by atoms with Crippen LogP contribution in [-0.2, 0) is 17.9 Å². The number of benzene rings is 2. The molecular formula is C24H26N4O. The molecular weight excluding hydrogens is 360 g/mol. The summed E-state index contributed by atoms with van der Waals surface area (Å²) in [6, 6.07) is 22.3. The van der Waals surface area contributed by atoms with Gasteiger partial charge in [0.1, 0.15) is 6.04 Å². The van der Waals surface area contributed by atoms with Crippen LogP contribution in [0.5, 0.6) is 0 Å². The number of aryl methyl sites for hydroxylation is 1. The second-order valence-corrected chi connectivity index (χ2v) is 7.52. The molecule has 0 aliphatic carbocycles. The zero-order valence-corrected chi connectivity index (χ0v) is 16.6. The summed E-state index contributed by atoms with van der Waals surface area (Å²) in [7, 11) is 0. The van der Waals surface area contributed by atoms with E-state index in [0.717, 1.165) is 17.5 Å². The topological polar surface area (TPSA) is 57.3 Å². The van der Waals surface area contributed by atoms with Gasteiger partial charge in [-0.05, 0) is 41.7 Å². The van der Waals surface area contributed by atoms with E-state index in [-0.39, 0.29) is 18.0 Å². The van der Waals surface area contributed by atoms with Gasteiger partial charge in [-0.25, -0.2) is 10.9 Å². The van der Waals surface area contributed by atoms with Crippen molar-refractivity contribution in [3.05, 3.63) is 101 Å². The Bertz CT molecular complexity index is 945. The Labute approximate surface area is 171 Å². The van der Waals surface area contributed by atoms with E-state index in [1.807, 2.05) is 53.6 Å². The van der Waals surface area contributed by atoms with Crippen LogP contribution in [0.1, 0.15) is 34.7 Å². The Morgan fingerprint density at radius 1 is 1.00 bits per heavy atom. The van der Waals surface area contributed by atoms with Crippen molar-refractivity contribution in [1.82, 2.24) is 20.7 Å². The van der Waals surface area contributed by atoms with Gasteiger partial charge in [0.25, 0.3) is 0 Å². The third-order valence-corrected chi connectivity index (χ3v) is 5.43. The molecule has 1 aromatic heterocycles. The molecule has 2 aromatic carbocycles. The van der Waals surface area contributed by atoms with E-state index in [4.69, 9.17) is 0 Å². The first-order valence-electron chi connectivity index (χ1n) is 9.99. The highest BCUT2D eigenvalue weighted by atomic mass is 16.2. The lowest BCUT2D eigenvalue weighted by molar-refractivity contribution is -0.134. The summed E-state index contributed by atoms with van der Waals surface area (Å²) in [5, 5.41) is 0. The van der Waals surface area contributed by atoms with Crippen LogP contribution in [0.4, 0.5) is 0 Å². The van der Waals surface area contributed by atoms with Gasteiger partial charge < -0.3 is 4.90 Å². The molecule has 0 bridgehead atoms. The number of hydrazine groups is 1. The van der Waals surface area contributed by atoms with Crippen molar-refractivity contribution in [2.75, 3.05) is 0 Å². The molecule has 5 nitrogen and oxygen atoms in total. The molecule has 0 spiro atoms. The number of amides is 1. The number of rotatable bonds is 6. The highest BCUT2D eigenvalue weighted by Crippen LogP contribution is 2.24. The summed E-state index contributed by atoms with van der Waals surface area (Å²) in [6.07, 6.45) is 4.30. The van der Waals surface area contributed by atoms with Gasteiger partial charge in [0.2, 0.25) is 5.91 Å². The van der Waals surface area contributed by atoms with Crippen molar-refractivity contribution in [1.29, 1.82) is 0 Å². The number of hydrogen-bond donors (Lipinski definition) is 2. The Kier molecular flexibility index (Phi) is 5.98. The summed E-state index contributed by atoms with van der Waals surface area (Å²) in [5.41, 5.74) is 11.1. The van der Waals surface area contributed by atoms with Crippen molar-refractivity contribution in [3.8, 4) is 0 Å². The monoisotopic (exact) mass is 386 g/mol. The normalized spacial score (nSPS) is 18.5. The average molecular weight is 386 g/mol. The zero-order chi connectivity index (χ0) is 20.1. The lowest BCUT2D eigenvalue weighted by Gasteiger charge is -2.26. The van der Waals surface area contributed by atoms with Crippen molar-refractivity contribution in [2.24, 2.45) is 0 Å². The fourth-order valence-corrected chi connectivity index (χ4v) is 3.76. The number of carbonyl (C=O) groups is 1. The standard InChI is InChI=1S/C24H26N4O/c1-18-8-5-6-12-21(18)17-28(16-19-9-7-13-25-15-19)24(29)23-14-22(26-27-23)20-10-3-2-4-11-20/h2-13,15,22-23,26-27H,14,16-17H2,1H3. The summed E-state index contributed by atoms with van der Waals surface area (Å²) < 4.78 is 0. The summed E-state index contributed by atoms with van der Waals surface area (Å²) in [6.45, 7) is 3.20. The SMILES string of the molecule is Cc1ccccc1CN(Cc1cccnc1)C(=O)C1CC(c2ccccc2)NN1. The molecule has 2 atom stereocenters. The van der Waals surface area contributed by atoms with Crippen molar-refractivity contribution < 1.29 is 4.79 Å². The summed E-state index contributed by atoms with van der Waals surface area (Å²) >= 11 is 0. The van der Waals surface area contributed by atoms with E-state index in [2.05, 4.69) is 47.0 Å². The Balaban J connectivity index is 1.52. The number of nitrogens with one attached hydrogen (secondary N) is 2. The Morgan fingerprint density at radius 3 is 2.55 bits per heavy atom. The first-order chi connectivity index (χ1) is 14.2. The highest BCUT2D eigenvalue weighted by Gasteiger charge is 2.33. The molecule has 4 rings (SSSR count).